The first-order valence-corrected chi connectivity index (χ1v) is 23.8. The fourth-order valence-electron chi connectivity index (χ4n) is 8.91. The highest BCUT2D eigenvalue weighted by atomic mass is 28.3. The Kier molecular flexibility index (Phi) is 8.91. The molecule has 0 fully saturated rings. The Morgan fingerprint density at radius 1 is 0.311 bits per heavy atom. The number of fused-ring (bicyclic) bond motifs is 4. The van der Waals surface area contributed by atoms with E-state index in [4.69, 9.17) is 19.9 Å². The number of rotatable bonds is 7. The third-order valence-electron chi connectivity index (χ3n) is 12.0. The first-order chi connectivity index (χ1) is 30.0. The summed E-state index contributed by atoms with van der Waals surface area (Å²) in [5, 5.41) is 2.63. The molecule has 1 aliphatic rings. The van der Waals surface area contributed by atoms with E-state index in [0.717, 1.165) is 89.6 Å². The van der Waals surface area contributed by atoms with E-state index in [1.807, 2.05) is 30.3 Å². The Labute approximate surface area is 357 Å². The molecule has 3 heterocycles. The van der Waals surface area contributed by atoms with Gasteiger partial charge in [-0.05, 0) is 80.5 Å². The van der Waals surface area contributed by atoms with E-state index in [9.17, 15) is 0 Å². The van der Waals surface area contributed by atoms with E-state index in [1.54, 1.807) is 0 Å². The number of hydrogen-bond donors (Lipinski definition) is 0. The predicted molar refractivity (Wildman–Crippen MR) is 255 cm³/mol. The number of para-hydroxylation sites is 2. The fraction of sp³-hybridized carbons (Fsp3) is 0.0357. The minimum absolute atomic E-state index is 0.768. The maximum absolute atomic E-state index is 5.42. The highest BCUT2D eigenvalue weighted by Gasteiger charge is 2.41. The zero-order chi connectivity index (χ0) is 40.9. The summed E-state index contributed by atoms with van der Waals surface area (Å²) in [6.07, 6.45) is 0. The van der Waals surface area contributed by atoms with Crippen molar-refractivity contribution in [2.45, 2.75) is 13.1 Å². The van der Waals surface area contributed by atoms with Gasteiger partial charge in [0.25, 0.3) is 0 Å². The molecule has 0 aliphatic carbocycles. The van der Waals surface area contributed by atoms with Crippen LogP contribution in [-0.2, 0) is 0 Å². The molecular formula is C56H40N4Si. The molecule has 2 aromatic heterocycles. The van der Waals surface area contributed by atoms with Gasteiger partial charge >= 0.3 is 0 Å². The maximum atomic E-state index is 5.42. The van der Waals surface area contributed by atoms with Gasteiger partial charge in [-0.1, -0.05) is 183 Å². The van der Waals surface area contributed by atoms with Crippen LogP contribution in [0.2, 0.25) is 13.1 Å². The van der Waals surface area contributed by atoms with Crippen LogP contribution in [-0.4, -0.2) is 28.0 Å². The molecule has 5 heteroatoms. The van der Waals surface area contributed by atoms with E-state index in [2.05, 4.69) is 189 Å². The van der Waals surface area contributed by atoms with Crippen LogP contribution >= 0.6 is 0 Å². The highest BCUT2D eigenvalue weighted by Crippen LogP contribution is 2.38. The topological polar surface area (TPSA) is 51.6 Å². The van der Waals surface area contributed by atoms with E-state index in [1.165, 1.54) is 21.6 Å². The third kappa shape index (κ3) is 6.56. The van der Waals surface area contributed by atoms with Crippen molar-refractivity contribution < 1.29 is 0 Å². The Hall–Kier alpha value is -7.60. The second kappa shape index (κ2) is 14.9. The fourth-order valence-corrected chi connectivity index (χ4v) is 11.8. The summed E-state index contributed by atoms with van der Waals surface area (Å²) in [5.74, 6) is 0.768. The molecule has 4 nitrogen and oxygen atoms in total. The number of nitrogens with zero attached hydrogens (tertiary/aromatic N) is 4. The van der Waals surface area contributed by atoms with Crippen molar-refractivity contribution in [3.63, 3.8) is 0 Å². The Morgan fingerprint density at radius 2 is 0.705 bits per heavy atom. The number of hydrogen-bond acceptors (Lipinski definition) is 4. The van der Waals surface area contributed by atoms with Crippen LogP contribution < -0.4 is 10.5 Å². The molecule has 10 aromatic rings. The molecule has 288 valence electrons. The molecule has 0 unspecified atom stereocenters. The molecule has 0 atom stereocenters. The lowest BCUT2D eigenvalue weighted by Gasteiger charge is -2.19. The molecule has 0 N–H and O–H groups in total. The lowest BCUT2D eigenvalue weighted by atomic mass is 9.94. The van der Waals surface area contributed by atoms with Crippen LogP contribution in [0.25, 0.3) is 101 Å². The average Bonchev–Trinajstić information content (AvgIpc) is 3.57. The largest absolute Gasteiger partial charge is 0.244 e. The van der Waals surface area contributed by atoms with Gasteiger partial charge in [-0.15, -0.1) is 0 Å². The van der Waals surface area contributed by atoms with Crippen LogP contribution in [0.5, 0.6) is 0 Å². The van der Waals surface area contributed by atoms with Gasteiger partial charge in [-0.25, -0.2) is 19.9 Å². The summed E-state index contributed by atoms with van der Waals surface area (Å²) in [4.78, 5) is 21.0. The van der Waals surface area contributed by atoms with Gasteiger partial charge in [0.2, 0.25) is 0 Å². The molecule has 8 aromatic carbocycles. The van der Waals surface area contributed by atoms with Gasteiger partial charge in [-0.3, -0.25) is 0 Å². The average molecular weight is 797 g/mol. The molecule has 0 saturated heterocycles. The van der Waals surface area contributed by atoms with Gasteiger partial charge < -0.3 is 0 Å². The second-order valence-electron chi connectivity index (χ2n) is 16.3. The molecular weight excluding hydrogens is 757 g/mol. The minimum Gasteiger partial charge on any atom is -0.244 e. The van der Waals surface area contributed by atoms with Crippen LogP contribution in [0.1, 0.15) is 0 Å². The Morgan fingerprint density at radius 3 is 1.26 bits per heavy atom. The molecule has 0 saturated carbocycles. The first-order valence-electron chi connectivity index (χ1n) is 20.8. The normalized spacial score (nSPS) is 12.6. The van der Waals surface area contributed by atoms with Gasteiger partial charge in [0.15, 0.2) is 5.82 Å². The van der Waals surface area contributed by atoms with Crippen molar-refractivity contribution in [2.75, 3.05) is 0 Å². The summed E-state index contributed by atoms with van der Waals surface area (Å²) in [7, 11) is -2.07. The van der Waals surface area contributed by atoms with Crippen molar-refractivity contribution in [1.29, 1.82) is 0 Å². The molecule has 0 spiro atoms. The lowest BCUT2D eigenvalue weighted by molar-refractivity contribution is 1.21. The zero-order valence-corrected chi connectivity index (χ0v) is 34.9. The predicted octanol–water partition coefficient (Wildman–Crippen LogP) is 12.9. The molecule has 11 rings (SSSR count). The number of aromatic nitrogens is 4. The lowest BCUT2D eigenvalue weighted by Crippen LogP contribution is -2.50. The summed E-state index contributed by atoms with van der Waals surface area (Å²) < 4.78 is 0. The maximum Gasteiger partial charge on any atom is 0.159 e. The van der Waals surface area contributed by atoms with Crippen LogP contribution in [0.3, 0.4) is 0 Å². The van der Waals surface area contributed by atoms with Crippen molar-refractivity contribution in [3.05, 3.63) is 206 Å². The second-order valence-corrected chi connectivity index (χ2v) is 20.5. The molecule has 0 radical (unpaired) electrons. The van der Waals surface area contributed by atoms with Crippen molar-refractivity contribution in [3.8, 4) is 89.7 Å². The van der Waals surface area contributed by atoms with E-state index >= 15 is 0 Å². The summed E-state index contributed by atoms with van der Waals surface area (Å²) in [5.41, 5.74) is 18.0. The molecule has 0 amide bonds. The quantitative estimate of drug-likeness (QED) is 0.151. The standard InChI is InChI=1S/C56H40N4Si/c1-61(2)50-32-12-9-29-47(50)51-52(37-17-5-3-6-18-37)59-55(60-56(51)61)46-28-16-26-44(36-46)42-24-14-22-40(34-42)39-21-13-23-41(33-39)43-25-15-27-45(35-43)54-53(38-19-7-4-8-20-38)57-48-30-10-11-31-49(48)58-54/h3-36H,1-2H3. The summed E-state index contributed by atoms with van der Waals surface area (Å²) in [6.45, 7) is 4.83. The SMILES string of the molecule is C[Si]1(C)c2ccccc2-c2c(-c3ccccc3)nc(-c3cccc(-c4cccc(-c5cccc(-c6cccc(-c7nc8ccccc8nc7-c7ccccc7)c6)c5)c4)c3)nc21. The van der Waals surface area contributed by atoms with E-state index < -0.39 is 8.07 Å². The third-order valence-corrected chi connectivity index (χ3v) is 15.3. The summed E-state index contributed by atoms with van der Waals surface area (Å²) in [6, 6.07) is 72.8. The monoisotopic (exact) mass is 796 g/mol. The first kappa shape index (κ1) is 36.5. The molecule has 1 aliphatic heterocycles. The van der Waals surface area contributed by atoms with Gasteiger partial charge in [0.05, 0.1) is 28.1 Å². The van der Waals surface area contributed by atoms with E-state index in [0.29, 0.717) is 0 Å². The van der Waals surface area contributed by atoms with E-state index in [-0.39, 0.29) is 0 Å². The minimum atomic E-state index is -2.07. The molecule has 61 heavy (non-hydrogen) atoms. The van der Waals surface area contributed by atoms with Crippen LogP contribution in [0.15, 0.2) is 206 Å². The zero-order valence-electron chi connectivity index (χ0n) is 33.9. The smallest absolute Gasteiger partial charge is 0.159 e. The van der Waals surface area contributed by atoms with Gasteiger partial charge in [0.1, 0.15) is 8.07 Å². The van der Waals surface area contributed by atoms with Crippen molar-refractivity contribution >= 4 is 29.6 Å². The number of benzene rings is 8. The van der Waals surface area contributed by atoms with Crippen molar-refractivity contribution in [2.24, 2.45) is 0 Å². The summed E-state index contributed by atoms with van der Waals surface area (Å²) >= 11 is 0. The van der Waals surface area contributed by atoms with Gasteiger partial charge in [-0.2, -0.15) is 0 Å². The Bertz CT molecular complexity index is 3290. The van der Waals surface area contributed by atoms with Gasteiger partial charge in [0, 0.05) is 33.1 Å². The van der Waals surface area contributed by atoms with Crippen LogP contribution in [0.4, 0.5) is 0 Å². The highest BCUT2D eigenvalue weighted by molar-refractivity contribution is 7.03. The molecule has 0 bridgehead atoms. The van der Waals surface area contributed by atoms with Crippen molar-refractivity contribution in [1.82, 2.24) is 19.9 Å². The van der Waals surface area contributed by atoms with Crippen LogP contribution in [0, 0.1) is 0 Å². The Balaban J connectivity index is 0.946.